The fourth-order valence-electron chi connectivity index (χ4n) is 3.58. The lowest BCUT2D eigenvalue weighted by molar-refractivity contribution is 0.392. The Morgan fingerprint density at radius 1 is 0.913 bits per heavy atom. The van der Waals surface area contributed by atoms with Gasteiger partial charge in [0.15, 0.2) is 0 Å². The Bertz CT molecular complexity index is 704. The molecule has 1 aliphatic carbocycles. The normalized spacial score (nSPS) is 20.4. The molecule has 1 saturated carbocycles. The van der Waals surface area contributed by atoms with Crippen LogP contribution < -0.4 is 4.74 Å². The van der Waals surface area contributed by atoms with Crippen LogP contribution in [0.15, 0.2) is 36.4 Å². The van der Waals surface area contributed by atoms with Crippen LogP contribution in [0.3, 0.4) is 0 Å². The van der Waals surface area contributed by atoms with Crippen molar-refractivity contribution < 1.29 is 4.74 Å². The van der Waals surface area contributed by atoms with E-state index in [4.69, 9.17) is 4.74 Å². The van der Waals surface area contributed by atoms with Crippen LogP contribution in [0.5, 0.6) is 5.75 Å². The van der Waals surface area contributed by atoms with Gasteiger partial charge in [0, 0.05) is 5.56 Å². The number of methoxy groups -OCH3 is 1. The Balaban J connectivity index is 1.98. The molecule has 0 aromatic heterocycles. The second-order valence-electron chi connectivity index (χ2n) is 8.04. The molecule has 0 spiro atoms. The molecule has 23 heavy (non-hydrogen) atoms. The van der Waals surface area contributed by atoms with E-state index in [1.54, 1.807) is 0 Å². The highest BCUT2D eigenvalue weighted by Gasteiger charge is 2.42. The first-order valence-corrected chi connectivity index (χ1v) is 8.57. The minimum Gasteiger partial charge on any atom is -0.496 e. The van der Waals surface area contributed by atoms with Crippen molar-refractivity contribution in [1.29, 1.82) is 0 Å². The van der Waals surface area contributed by atoms with Gasteiger partial charge in [-0.05, 0) is 48.6 Å². The number of benzene rings is 2. The van der Waals surface area contributed by atoms with Gasteiger partial charge in [-0.1, -0.05) is 68.3 Å². The molecule has 0 N–H and O–H groups in total. The zero-order chi connectivity index (χ0) is 16.8. The molecular formula is C22H28O. The van der Waals surface area contributed by atoms with Gasteiger partial charge >= 0.3 is 0 Å². The van der Waals surface area contributed by atoms with Crippen LogP contribution in [-0.2, 0) is 5.41 Å². The van der Waals surface area contributed by atoms with Crippen LogP contribution in [0.1, 0.15) is 66.8 Å². The van der Waals surface area contributed by atoms with E-state index >= 15 is 0 Å². The first-order chi connectivity index (χ1) is 10.8. The molecule has 122 valence electrons. The van der Waals surface area contributed by atoms with E-state index in [1.807, 2.05) is 7.11 Å². The molecule has 0 radical (unpaired) electrons. The minimum absolute atomic E-state index is 0.0976. The molecular weight excluding hydrogens is 280 g/mol. The Morgan fingerprint density at radius 2 is 1.57 bits per heavy atom. The maximum Gasteiger partial charge on any atom is 0.126 e. The second kappa shape index (κ2) is 5.70. The molecule has 1 nitrogen and oxygen atoms in total. The van der Waals surface area contributed by atoms with Crippen LogP contribution in [0, 0.1) is 13.8 Å². The second-order valence-corrected chi connectivity index (χ2v) is 8.04. The third-order valence-corrected chi connectivity index (χ3v) is 4.97. The minimum atomic E-state index is 0.0976. The molecule has 1 aliphatic rings. The van der Waals surface area contributed by atoms with E-state index in [0.29, 0.717) is 11.8 Å². The van der Waals surface area contributed by atoms with Crippen LogP contribution in [0.25, 0.3) is 0 Å². The van der Waals surface area contributed by atoms with Crippen molar-refractivity contribution >= 4 is 0 Å². The van der Waals surface area contributed by atoms with E-state index in [9.17, 15) is 0 Å². The number of ether oxygens (including phenoxy) is 1. The quantitative estimate of drug-likeness (QED) is 0.688. The Hall–Kier alpha value is -1.76. The summed E-state index contributed by atoms with van der Waals surface area (Å²) in [6.45, 7) is 11.1. The third-order valence-electron chi connectivity index (χ3n) is 4.97. The average Bonchev–Trinajstić information content (AvgIpc) is 3.26. The van der Waals surface area contributed by atoms with Crippen molar-refractivity contribution in [1.82, 2.24) is 0 Å². The van der Waals surface area contributed by atoms with Crippen molar-refractivity contribution in [3.8, 4) is 5.75 Å². The zero-order valence-corrected chi connectivity index (χ0v) is 15.2. The van der Waals surface area contributed by atoms with Gasteiger partial charge in [-0.3, -0.25) is 0 Å². The summed E-state index contributed by atoms with van der Waals surface area (Å²) in [4.78, 5) is 0. The maximum atomic E-state index is 5.86. The fourth-order valence-corrected chi connectivity index (χ4v) is 3.58. The lowest BCUT2D eigenvalue weighted by Gasteiger charge is -2.25. The van der Waals surface area contributed by atoms with Crippen molar-refractivity contribution in [2.24, 2.45) is 0 Å². The van der Waals surface area contributed by atoms with Crippen LogP contribution in [0.4, 0.5) is 0 Å². The summed E-state index contributed by atoms with van der Waals surface area (Å²) in [7, 11) is 1.81. The number of hydrogen-bond acceptors (Lipinski definition) is 1. The molecule has 2 aromatic carbocycles. The predicted molar refractivity (Wildman–Crippen MR) is 97.7 cm³/mol. The van der Waals surface area contributed by atoms with Crippen molar-refractivity contribution in [2.45, 2.75) is 58.3 Å². The number of hydrogen-bond donors (Lipinski definition) is 0. The molecule has 3 rings (SSSR count). The van der Waals surface area contributed by atoms with Gasteiger partial charge in [0.25, 0.3) is 0 Å². The van der Waals surface area contributed by atoms with Gasteiger partial charge < -0.3 is 4.74 Å². The number of aryl methyl sites for hydroxylation is 2. The van der Waals surface area contributed by atoms with Gasteiger partial charge in [-0.15, -0.1) is 0 Å². The molecule has 0 bridgehead atoms. The van der Waals surface area contributed by atoms with Gasteiger partial charge in [0.05, 0.1) is 7.11 Å². The molecule has 2 atom stereocenters. The molecule has 2 aromatic rings. The molecule has 0 heterocycles. The first-order valence-electron chi connectivity index (χ1n) is 8.57. The summed E-state index contributed by atoms with van der Waals surface area (Å²) >= 11 is 0. The van der Waals surface area contributed by atoms with E-state index in [2.05, 4.69) is 71.0 Å². The van der Waals surface area contributed by atoms with Gasteiger partial charge in [0.2, 0.25) is 0 Å². The lowest BCUT2D eigenvalue weighted by atomic mass is 9.83. The molecule has 0 saturated heterocycles. The van der Waals surface area contributed by atoms with Crippen LogP contribution in [-0.4, -0.2) is 7.11 Å². The summed E-state index contributed by atoms with van der Waals surface area (Å²) in [6.07, 6.45) is 1.23. The van der Waals surface area contributed by atoms with E-state index in [1.165, 1.54) is 34.2 Å². The smallest absolute Gasteiger partial charge is 0.126 e. The summed E-state index contributed by atoms with van der Waals surface area (Å²) in [5.41, 5.74) is 6.93. The predicted octanol–water partition coefficient (Wildman–Crippen LogP) is 5.88. The Morgan fingerprint density at radius 3 is 2.13 bits per heavy atom. The molecule has 0 aliphatic heterocycles. The fraction of sp³-hybridized carbons (Fsp3) is 0.455. The van der Waals surface area contributed by atoms with Crippen molar-refractivity contribution in [3.63, 3.8) is 0 Å². The molecule has 0 amide bonds. The van der Waals surface area contributed by atoms with Gasteiger partial charge in [0.1, 0.15) is 5.75 Å². The highest BCUT2D eigenvalue weighted by Crippen LogP contribution is 2.57. The summed E-state index contributed by atoms with van der Waals surface area (Å²) < 4.78 is 5.86. The summed E-state index contributed by atoms with van der Waals surface area (Å²) in [5.74, 6) is 2.33. The van der Waals surface area contributed by atoms with E-state index in [-0.39, 0.29) is 5.41 Å². The molecule has 2 unspecified atom stereocenters. The number of rotatable bonds is 3. The van der Waals surface area contributed by atoms with Gasteiger partial charge in [-0.2, -0.15) is 0 Å². The van der Waals surface area contributed by atoms with Gasteiger partial charge in [-0.25, -0.2) is 0 Å². The van der Waals surface area contributed by atoms with E-state index < -0.39 is 0 Å². The molecule has 1 fully saturated rings. The van der Waals surface area contributed by atoms with Crippen LogP contribution in [0.2, 0.25) is 0 Å². The standard InChI is InChI=1S/C22H28O/c1-14-7-9-16(10-8-14)17-13-18(17)19-11-15(2)12-20(21(19)23-6)22(3,4)5/h7-12,17-18H,13H2,1-6H3. The lowest BCUT2D eigenvalue weighted by Crippen LogP contribution is -2.14. The summed E-state index contributed by atoms with van der Waals surface area (Å²) in [5, 5.41) is 0. The maximum absolute atomic E-state index is 5.86. The Labute approximate surface area is 140 Å². The topological polar surface area (TPSA) is 9.23 Å². The average molecular weight is 308 g/mol. The monoisotopic (exact) mass is 308 g/mol. The van der Waals surface area contributed by atoms with Crippen LogP contribution >= 0.6 is 0 Å². The highest BCUT2D eigenvalue weighted by atomic mass is 16.5. The van der Waals surface area contributed by atoms with Crippen molar-refractivity contribution in [3.05, 3.63) is 64.2 Å². The van der Waals surface area contributed by atoms with Crippen molar-refractivity contribution in [2.75, 3.05) is 7.11 Å². The molecule has 1 heteroatoms. The highest BCUT2D eigenvalue weighted by molar-refractivity contribution is 5.53. The zero-order valence-electron chi connectivity index (χ0n) is 15.2. The summed E-state index contributed by atoms with van der Waals surface area (Å²) in [6, 6.07) is 13.6. The largest absolute Gasteiger partial charge is 0.496 e. The SMILES string of the molecule is COc1c(C2CC2c2ccc(C)cc2)cc(C)cc1C(C)(C)C. The first kappa shape index (κ1) is 16.1. The third kappa shape index (κ3) is 3.15. The Kier molecular flexibility index (Phi) is 4.00. The van der Waals surface area contributed by atoms with E-state index in [0.717, 1.165) is 5.75 Å².